The fourth-order valence-electron chi connectivity index (χ4n) is 1.71. The Labute approximate surface area is 131 Å². The van der Waals surface area contributed by atoms with Crippen molar-refractivity contribution in [3.63, 3.8) is 0 Å². The zero-order valence-corrected chi connectivity index (χ0v) is 12.6. The summed E-state index contributed by atoms with van der Waals surface area (Å²) < 4.78 is 0. The number of aryl methyl sites for hydroxylation is 1. The summed E-state index contributed by atoms with van der Waals surface area (Å²) in [6.45, 7) is 1.73. The van der Waals surface area contributed by atoms with Gasteiger partial charge in [0.15, 0.2) is 5.43 Å². The number of benzene rings is 1. The molecule has 0 aliphatic carbocycles. The van der Waals surface area contributed by atoms with Crippen molar-refractivity contribution in [1.82, 2.24) is 4.98 Å². The molecule has 0 spiro atoms. The summed E-state index contributed by atoms with van der Waals surface area (Å²) >= 11 is 10.9. The first-order valence-electron chi connectivity index (χ1n) is 5.98. The van der Waals surface area contributed by atoms with Gasteiger partial charge in [0, 0.05) is 23.5 Å². The highest BCUT2D eigenvalue weighted by molar-refractivity contribution is 7.80. The molecule has 0 atom stereocenters. The van der Waals surface area contributed by atoms with Crippen LogP contribution < -0.4 is 16.5 Å². The van der Waals surface area contributed by atoms with Gasteiger partial charge in [-0.05, 0) is 25.1 Å². The molecule has 0 unspecified atom stereocenters. The molecule has 0 saturated heterocycles. The third-order valence-corrected chi connectivity index (χ3v) is 3.35. The minimum Gasteiger partial charge on any atom is -0.389 e. The molecule has 0 radical (unpaired) electrons. The van der Waals surface area contributed by atoms with Crippen LogP contribution in [0.1, 0.15) is 21.6 Å². The summed E-state index contributed by atoms with van der Waals surface area (Å²) in [6.07, 6.45) is 1.37. The van der Waals surface area contributed by atoms with Gasteiger partial charge in [-0.15, -0.1) is 0 Å². The molecule has 0 aliphatic rings. The molecule has 0 aliphatic heterocycles. The summed E-state index contributed by atoms with van der Waals surface area (Å²) in [7, 11) is 0. The topological polar surface area (TPSA) is 88.0 Å². The molecule has 1 heterocycles. The Morgan fingerprint density at radius 2 is 2.10 bits per heavy atom. The number of nitrogens with two attached hydrogens (primary N) is 1. The van der Waals surface area contributed by atoms with Crippen LogP contribution in [0.2, 0.25) is 5.02 Å². The first-order chi connectivity index (χ1) is 9.88. The van der Waals surface area contributed by atoms with Gasteiger partial charge in [0.25, 0.3) is 5.91 Å². The van der Waals surface area contributed by atoms with E-state index in [-0.39, 0.29) is 21.0 Å². The van der Waals surface area contributed by atoms with Crippen LogP contribution in [0.4, 0.5) is 5.69 Å². The van der Waals surface area contributed by atoms with E-state index >= 15 is 0 Å². The van der Waals surface area contributed by atoms with Crippen LogP contribution in [0.3, 0.4) is 0 Å². The molecule has 0 bridgehead atoms. The molecule has 1 aromatic heterocycles. The monoisotopic (exact) mass is 321 g/mol. The van der Waals surface area contributed by atoms with Crippen LogP contribution in [0, 0.1) is 6.92 Å². The fourth-order valence-corrected chi connectivity index (χ4v) is 2.06. The number of rotatable bonds is 3. The number of hydrogen-bond acceptors (Lipinski definition) is 3. The van der Waals surface area contributed by atoms with E-state index in [0.717, 1.165) is 0 Å². The molecule has 4 N–H and O–H groups in total. The predicted octanol–water partition coefficient (Wildman–Crippen LogP) is 2.22. The van der Waals surface area contributed by atoms with Crippen molar-refractivity contribution in [3.05, 3.63) is 62.5 Å². The van der Waals surface area contributed by atoms with Crippen LogP contribution in [-0.4, -0.2) is 15.9 Å². The maximum absolute atomic E-state index is 12.1. The second kappa shape index (κ2) is 6.07. The number of nitrogens with one attached hydrogen (secondary N) is 2. The van der Waals surface area contributed by atoms with Crippen molar-refractivity contribution >= 4 is 40.4 Å². The third kappa shape index (κ3) is 3.48. The Morgan fingerprint density at radius 3 is 2.67 bits per heavy atom. The van der Waals surface area contributed by atoms with E-state index in [2.05, 4.69) is 10.3 Å². The number of carbonyl (C=O) groups is 1. The molecule has 1 amide bonds. The molecule has 7 heteroatoms. The van der Waals surface area contributed by atoms with E-state index in [0.29, 0.717) is 16.9 Å². The Hall–Kier alpha value is -2.18. The van der Waals surface area contributed by atoms with E-state index in [1.165, 1.54) is 12.3 Å². The average Bonchev–Trinajstić information content (AvgIpc) is 2.40. The number of hydrogen-bond donors (Lipinski definition) is 3. The maximum Gasteiger partial charge on any atom is 0.261 e. The lowest BCUT2D eigenvalue weighted by molar-refractivity contribution is 0.102. The normalized spacial score (nSPS) is 10.2. The van der Waals surface area contributed by atoms with Crippen molar-refractivity contribution in [1.29, 1.82) is 0 Å². The molecule has 1 aromatic carbocycles. The first-order valence-corrected chi connectivity index (χ1v) is 6.77. The van der Waals surface area contributed by atoms with Crippen LogP contribution in [0.5, 0.6) is 0 Å². The molecular weight excluding hydrogens is 310 g/mol. The number of H-pyrrole nitrogens is 1. The summed E-state index contributed by atoms with van der Waals surface area (Å²) in [4.78, 5) is 26.9. The Balaban J connectivity index is 2.27. The summed E-state index contributed by atoms with van der Waals surface area (Å²) in [5.74, 6) is -0.541. The molecule has 2 aromatic rings. The fraction of sp³-hybridized carbons (Fsp3) is 0.0714. The van der Waals surface area contributed by atoms with Gasteiger partial charge in [-0.3, -0.25) is 9.59 Å². The van der Waals surface area contributed by atoms with Gasteiger partial charge in [0.1, 0.15) is 10.6 Å². The van der Waals surface area contributed by atoms with Crippen LogP contribution in [0.15, 0.2) is 35.3 Å². The van der Waals surface area contributed by atoms with E-state index in [4.69, 9.17) is 29.6 Å². The Bertz CT molecular complexity index is 786. The molecule has 5 nitrogen and oxygen atoms in total. The molecule has 108 valence electrons. The zero-order valence-electron chi connectivity index (χ0n) is 11.1. The van der Waals surface area contributed by atoms with Gasteiger partial charge in [-0.1, -0.05) is 23.8 Å². The second-order valence-corrected chi connectivity index (χ2v) is 5.25. The minimum atomic E-state index is -0.541. The number of halogens is 1. The molecule has 21 heavy (non-hydrogen) atoms. The van der Waals surface area contributed by atoms with Gasteiger partial charge in [-0.2, -0.15) is 0 Å². The van der Waals surface area contributed by atoms with Gasteiger partial charge < -0.3 is 16.0 Å². The van der Waals surface area contributed by atoms with Gasteiger partial charge in [0.2, 0.25) is 0 Å². The lowest BCUT2D eigenvalue weighted by Crippen LogP contribution is -2.21. The lowest BCUT2D eigenvalue weighted by atomic mass is 10.2. The van der Waals surface area contributed by atoms with Crippen LogP contribution >= 0.6 is 23.8 Å². The number of anilines is 1. The van der Waals surface area contributed by atoms with E-state index < -0.39 is 5.91 Å². The van der Waals surface area contributed by atoms with Crippen LogP contribution in [-0.2, 0) is 0 Å². The third-order valence-electron chi connectivity index (χ3n) is 2.80. The largest absolute Gasteiger partial charge is 0.389 e. The molecular formula is C14H12ClN3O2S. The van der Waals surface area contributed by atoms with Crippen molar-refractivity contribution < 1.29 is 4.79 Å². The smallest absolute Gasteiger partial charge is 0.261 e. The highest BCUT2D eigenvalue weighted by Crippen LogP contribution is 2.23. The van der Waals surface area contributed by atoms with Gasteiger partial charge in [0.05, 0.1) is 10.7 Å². The average molecular weight is 322 g/mol. The van der Waals surface area contributed by atoms with Crippen LogP contribution in [0.25, 0.3) is 0 Å². The number of thiocarbonyl (C=S) groups is 1. The van der Waals surface area contributed by atoms with Crippen molar-refractivity contribution in [2.24, 2.45) is 5.73 Å². The molecule has 0 fully saturated rings. The highest BCUT2D eigenvalue weighted by atomic mass is 35.5. The van der Waals surface area contributed by atoms with Gasteiger partial charge in [-0.25, -0.2) is 0 Å². The Kier molecular flexibility index (Phi) is 4.40. The number of pyridine rings is 1. The molecule has 0 saturated carbocycles. The number of carbonyl (C=O) groups excluding carboxylic acids is 1. The van der Waals surface area contributed by atoms with Gasteiger partial charge >= 0.3 is 0 Å². The van der Waals surface area contributed by atoms with Crippen molar-refractivity contribution in [2.75, 3.05) is 5.32 Å². The van der Waals surface area contributed by atoms with Crippen molar-refractivity contribution in [3.8, 4) is 0 Å². The number of aromatic amines is 1. The Morgan fingerprint density at radius 1 is 1.38 bits per heavy atom. The SMILES string of the molecule is Cc1cc(=O)c(C(=O)Nc2ccc(C(N)=S)cc2Cl)c[nH]1. The summed E-state index contributed by atoms with van der Waals surface area (Å²) in [6, 6.07) is 6.13. The summed E-state index contributed by atoms with van der Waals surface area (Å²) in [5.41, 5.74) is 6.80. The predicted molar refractivity (Wildman–Crippen MR) is 87.1 cm³/mol. The summed E-state index contributed by atoms with van der Waals surface area (Å²) in [5, 5.41) is 2.87. The highest BCUT2D eigenvalue weighted by Gasteiger charge is 2.12. The first kappa shape index (κ1) is 15.2. The quantitative estimate of drug-likeness (QED) is 0.756. The standard InChI is InChI=1S/C14H12ClN3O2S/c1-7-4-12(19)9(6-17-7)14(20)18-11-3-2-8(13(16)21)5-10(11)15/h2-6H,1H3,(H2,16,21)(H,17,19)(H,18,20). The lowest BCUT2D eigenvalue weighted by Gasteiger charge is -2.08. The zero-order chi connectivity index (χ0) is 15.6. The van der Waals surface area contributed by atoms with E-state index in [1.807, 2.05) is 0 Å². The molecule has 2 rings (SSSR count). The van der Waals surface area contributed by atoms with Crippen molar-refractivity contribution in [2.45, 2.75) is 6.92 Å². The number of amides is 1. The minimum absolute atomic E-state index is 0.00934. The number of aromatic nitrogens is 1. The van der Waals surface area contributed by atoms with E-state index in [9.17, 15) is 9.59 Å². The second-order valence-electron chi connectivity index (χ2n) is 4.41. The maximum atomic E-state index is 12.1. The van der Waals surface area contributed by atoms with E-state index in [1.54, 1.807) is 25.1 Å².